The number of aryl methyl sites for hydroxylation is 1. The van der Waals surface area contributed by atoms with Crippen molar-refractivity contribution in [3.63, 3.8) is 0 Å². The van der Waals surface area contributed by atoms with Gasteiger partial charge in [0.05, 0.1) is 13.3 Å². The van der Waals surface area contributed by atoms with Gasteiger partial charge in [-0.3, -0.25) is 4.90 Å². The van der Waals surface area contributed by atoms with Crippen LogP contribution >= 0.6 is 0 Å². The van der Waals surface area contributed by atoms with Crippen molar-refractivity contribution in [2.24, 2.45) is 5.73 Å². The van der Waals surface area contributed by atoms with Gasteiger partial charge in [-0.15, -0.1) is 0 Å². The number of hydrogen-bond donors (Lipinski definition) is 1. The Balaban J connectivity index is 3.10. The van der Waals surface area contributed by atoms with Crippen LogP contribution in [0.15, 0.2) is 18.2 Å². The topological polar surface area (TPSA) is 38.5 Å². The van der Waals surface area contributed by atoms with Gasteiger partial charge < -0.3 is 10.5 Å². The summed E-state index contributed by atoms with van der Waals surface area (Å²) in [5, 5.41) is 0. The maximum Gasteiger partial charge on any atom is 0.124 e. The number of methoxy groups -OCH3 is 1. The van der Waals surface area contributed by atoms with Crippen molar-refractivity contribution in [1.29, 1.82) is 0 Å². The van der Waals surface area contributed by atoms with Crippen LogP contribution in [0.25, 0.3) is 0 Å². The van der Waals surface area contributed by atoms with Gasteiger partial charge in [0.1, 0.15) is 5.75 Å². The Labute approximate surface area is 85.5 Å². The number of benzene rings is 1. The van der Waals surface area contributed by atoms with Gasteiger partial charge in [0, 0.05) is 5.56 Å². The van der Waals surface area contributed by atoms with Gasteiger partial charge in [0.25, 0.3) is 0 Å². The van der Waals surface area contributed by atoms with E-state index in [2.05, 4.69) is 6.07 Å². The molecule has 0 aliphatic heterocycles. The summed E-state index contributed by atoms with van der Waals surface area (Å²) in [5.74, 6) is 0.844. The second-order valence-corrected chi connectivity index (χ2v) is 3.65. The molecule has 0 aromatic heterocycles. The Morgan fingerprint density at radius 1 is 1.36 bits per heavy atom. The molecule has 1 atom stereocenters. The van der Waals surface area contributed by atoms with E-state index in [-0.39, 0.29) is 6.17 Å². The molecule has 0 amide bonds. The van der Waals surface area contributed by atoms with E-state index in [0.29, 0.717) is 0 Å². The molecule has 0 aliphatic rings. The van der Waals surface area contributed by atoms with Gasteiger partial charge >= 0.3 is 0 Å². The Bertz CT molecular complexity index is 310. The molecule has 0 saturated carbocycles. The fourth-order valence-electron chi connectivity index (χ4n) is 1.36. The summed E-state index contributed by atoms with van der Waals surface area (Å²) in [6, 6.07) is 6.03. The van der Waals surface area contributed by atoms with E-state index >= 15 is 0 Å². The molecule has 0 bridgehead atoms. The molecule has 2 N–H and O–H groups in total. The Hall–Kier alpha value is -1.06. The average Bonchev–Trinajstić information content (AvgIpc) is 2.16. The number of hydrogen-bond acceptors (Lipinski definition) is 3. The third kappa shape index (κ3) is 2.25. The van der Waals surface area contributed by atoms with E-state index in [1.807, 2.05) is 38.1 Å². The lowest BCUT2D eigenvalue weighted by atomic mass is 10.1. The van der Waals surface area contributed by atoms with Crippen molar-refractivity contribution in [1.82, 2.24) is 4.90 Å². The smallest absolute Gasteiger partial charge is 0.124 e. The minimum absolute atomic E-state index is 0.121. The first kappa shape index (κ1) is 11.0. The fraction of sp³-hybridized carbons (Fsp3) is 0.455. The van der Waals surface area contributed by atoms with Crippen LogP contribution in [0, 0.1) is 6.92 Å². The zero-order valence-corrected chi connectivity index (χ0v) is 9.24. The largest absolute Gasteiger partial charge is 0.496 e. The number of rotatable bonds is 3. The molecular weight excluding hydrogens is 176 g/mol. The SMILES string of the molecule is COc1ccc(C)cc1C(N)N(C)C. The third-order valence-electron chi connectivity index (χ3n) is 2.26. The van der Waals surface area contributed by atoms with Gasteiger partial charge in [-0.25, -0.2) is 0 Å². The number of nitrogens with zero attached hydrogens (tertiary/aromatic N) is 1. The van der Waals surface area contributed by atoms with Gasteiger partial charge in [0.15, 0.2) is 0 Å². The quantitative estimate of drug-likeness (QED) is 0.741. The van der Waals surface area contributed by atoms with Crippen LogP contribution in [0.5, 0.6) is 5.75 Å². The minimum atomic E-state index is -0.121. The Kier molecular flexibility index (Phi) is 3.49. The van der Waals surface area contributed by atoms with Gasteiger partial charge in [-0.05, 0) is 33.2 Å². The van der Waals surface area contributed by atoms with E-state index in [9.17, 15) is 0 Å². The van der Waals surface area contributed by atoms with Gasteiger partial charge in [-0.2, -0.15) is 0 Å². The van der Waals surface area contributed by atoms with Crippen LogP contribution in [0.3, 0.4) is 0 Å². The zero-order valence-electron chi connectivity index (χ0n) is 9.24. The van der Waals surface area contributed by atoms with Crippen molar-refractivity contribution >= 4 is 0 Å². The van der Waals surface area contributed by atoms with E-state index in [0.717, 1.165) is 11.3 Å². The molecule has 0 spiro atoms. The lowest BCUT2D eigenvalue weighted by molar-refractivity contribution is 0.295. The predicted molar refractivity (Wildman–Crippen MR) is 58.3 cm³/mol. The lowest BCUT2D eigenvalue weighted by Crippen LogP contribution is -2.27. The summed E-state index contributed by atoms with van der Waals surface area (Å²) in [5.41, 5.74) is 8.25. The van der Waals surface area contributed by atoms with Crippen LogP contribution in [0.4, 0.5) is 0 Å². The molecular formula is C11H18N2O. The highest BCUT2D eigenvalue weighted by Gasteiger charge is 2.13. The molecule has 1 aromatic rings. The van der Waals surface area contributed by atoms with Crippen LogP contribution in [-0.4, -0.2) is 26.1 Å². The Morgan fingerprint density at radius 2 is 2.00 bits per heavy atom. The molecule has 1 unspecified atom stereocenters. The molecule has 0 fully saturated rings. The maximum atomic E-state index is 6.03. The molecule has 0 saturated heterocycles. The van der Waals surface area contributed by atoms with E-state index < -0.39 is 0 Å². The average molecular weight is 194 g/mol. The molecule has 1 rings (SSSR count). The standard InChI is InChI=1S/C11H18N2O/c1-8-5-6-10(14-4)9(7-8)11(12)13(2)3/h5-7,11H,12H2,1-4H3. The second-order valence-electron chi connectivity index (χ2n) is 3.65. The first-order chi connectivity index (χ1) is 6.56. The summed E-state index contributed by atoms with van der Waals surface area (Å²) in [6.45, 7) is 2.05. The van der Waals surface area contributed by atoms with Crippen molar-refractivity contribution in [3.8, 4) is 5.75 Å². The van der Waals surface area contributed by atoms with Crippen molar-refractivity contribution in [3.05, 3.63) is 29.3 Å². The molecule has 0 radical (unpaired) electrons. The van der Waals surface area contributed by atoms with Gasteiger partial charge in [-0.1, -0.05) is 11.6 Å². The van der Waals surface area contributed by atoms with Gasteiger partial charge in [0.2, 0.25) is 0 Å². The van der Waals surface area contributed by atoms with Crippen LogP contribution < -0.4 is 10.5 Å². The normalized spacial score (nSPS) is 13.0. The highest BCUT2D eigenvalue weighted by Crippen LogP contribution is 2.25. The first-order valence-corrected chi connectivity index (χ1v) is 4.63. The van der Waals surface area contributed by atoms with E-state index in [1.54, 1.807) is 7.11 Å². The van der Waals surface area contributed by atoms with Crippen molar-refractivity contribution in [2.45, 2.75) is 13.1 Å². The van der Waals surface area contributed by atoms with E-state index in [1.165, 1.54) is 5.56 Å². The molecule has 78 valence electrons. The maximum absolute atomic E-state index is 6.03. The second kappa shape index (κ2) is 4.44. The highest BCUT2D eigenvalue weighted by molar-refractivity contribution is 5.38. The molecule has 0 heterocycles. The Morgan fingerprint density at radius 3 is 2.50 bits per heavy atom. The minimum Gasteiger partial charge on any atom is -0.496 e. The number of nitrogens with two attached hydrogens (primary N) is 1. The van der Waals surface area contributed by atoms with Crippen LogP contribution in [-0.2, 0) is 0 Å². The van der Waals surface area contributed by atoms with Crippen molar-refractivity contribution < 1.29 is 4.74 Å². The first-order valence-electron chi connectivity index (χ1n) is 4.63. The van der Waals surface area contributed by atoms with E-state index in [4.69, 9.17) is 10.5 Å². The summed E-state index contributed by atoms with van der Waals surface area (Å²) in [7, 11) is 5.56. The molecule has 3 heteroatoms. The molecule has 0 aliphatic carbocycles. The monoisotopic (exact) mass is 194 g/mol. The highest BCUT2D eigenvalue weighted by atomic mass is 16.5. The zero-order chi connectivity index (χ0) is 10.7. The van der Waals surface area contributed by atoms with Crippen molar-refractivity contribution in [2.75, 3.05) is 21.2 Å². The molecule has 3 nitrogen and oxygen atoms in total. The summed E-state index contributed by atoms with van der Waals surface area (Å²) >= 11 is 0. The lowest BCUT2D eigenvalue weighted by Gasteiger charge is -2.22. The molecule has 1 aromatic carbocycles. The third-order valence-corrected chi connectivity index (χ3v) is 2.26. The van der Waals surface area contributed by atoms with Crippen LogP contribution in [0.2, 0.25) is 0 Å². The molecule has 14 heavy (non-hydrogen) atoms. The predicted octanol–water partition coefficient (Wildman–Crippen LogP) is 1.52. The van der Waals surface area contributed by atoms with Crippen LogP contribution in [0.1, 0.15) is 17.3 Å². The summed E-state index contributed by atoms with van der Waals surface area (Å²) in [6.07, 6.45) is -0.121. The fourth-order valence-corrected chi connectivity index (χ4v) is 1.36. The summed E-state index contributed by atoms with van der Waals surface area (Å²) < 4.78 is 5.26. The number of ether oxygens (including phenoxy) is 1. The summed E-state index contributed by atoms with van der Waals surface area (Å²) in [4.78, 5) is 1.96.